The first kappa shape index (κ1) is 13.7. The van der Waals surface area contributed by atoms with Crippen molar-refractivity contribution in [2.45, 2.75) is 18.9 Å². The van der Waals surface area contributed by atoms with Crippen LogP contribution in [0.15, 0.2) is 34.5 Å². The summed E-state index contributed by atoms with van der Waals surface area (Å²) in [5, 5.41) is 14.2. The number of hydrogen-bond donors (Lipinski definition) is 1. The van der Waals surface area contributed by atoms with Crippen molar-refractivity contribution in [2.75, 3.05) is 6.54 Å². The maximum atomic E-state index is 12.8. The molecule has 0 radical (unpaired) electrons. The van der Waals surface area contributed by atoms with Gasteiger partial charge in [-0.3, -0.25) is 9.89 Å². The number of aromatic amines is 1. The van der Waals surface area contributed by atoms with E-state index in [1.807, 2.05) is 33.2 Å². The van der Waals surface area contributed by atoms with E-state index < -0.39 is 0 Å². The average molecular weight is 330 g/mol. The van der Waals surface area contributed by atoms with Crippen LogP contribution in [0.4, 0.5) is 0 Å². The molecular formula is C15H14N4OS2. The second-order valence-corrected chi connectivity index (χ2v) is 6.91. The molecule has 3 aromatic heterocycles. The van der Waals surface area contributed by atoms with Gasteiger partial charge in [-0.15, -0.1) is 11.3 Å². The van der Waals surface area contributed by atoms with Crippen LogP contribution in [-0.4, -0.2) is 32.5 Å². The van der Waals surface area contributed by atoms with Crippen LogP contribution in [0.5, 0.6) is 0 Å². The average Bonchev–Trinajstić information content (AvgIpc) is 3.35. The van der Waals surface area contributed by atoms with Gasteiger partial charge in [0.15, 0.2) is 0 Å². The first-order chi connectivity index (χ1) is 10.8. The van der Waals surface area contributed by atoms with Crippen molar-refractivity contribution in [2.24, 2.45) is 0 Å². The van der Waals surface area contributed by atoms with Crippen LogP contribution in [0.1, 0.15) is 34.4 Å². The number of likely N-dealkylation sites (tertiary alicyclic amines) is 1. The molecule has 5 nitrogen and oxygen atoms in total. The highest BCUT2D eigenvalue weighted by atomic mass is 32.1. The van der Waals surface area contributed by atoms with Crippen molar-refractivity contribution in [3.8, 4) is 11.3 Å². The Labute approximate surface area is 135 Å². The van der Waals surface area contributed by atoms with Crippen LogP contribution in [0, 0.1) is 0 Å². The lowest BCUT2D eigenvalue weighted by Gasteiger charge is -2.22. The molecule has 1 saturated heterocycles. The molecule has 0 unspecified atom stereocenters. The third-order valence-electron chi connectivity index (χ3n) is 3.88. The Bertz CT molecular complexity index is 763. The van der Waals surface area contributed by atoms with Gasteiger partial charge in [0, 0.05) is 29.1 Å². The van der Waals surface area contributed by atoms with Crippen LogP contribution in [0.25, 0.3) is 11.3 Å². The third kappa shape index (κ3) is 2.36. The van der Waals surface area contributed by atoms with E-state index in [0.717, 1.165) is 35.7 Å². The number of nitrogens with one attached hydrogen (secondary N) is 1. The predicted molar refractivity (Wildman–Crippen MR) is 87.0 cm³/mol. The van der Waals surface area contributed by atoms with Crippen LogP contribution in [-0.2, 0) is 0 Å². The fourth-order valence-electron chi connectivity index (χ4n) is 2.81. The Balaban J connectivity index is 1.59. The summed E-state index contributed by atoms with van der Waals surface area (Å²) >= 11 is 3.23. The number of carbonyl (C=O) groups excluding carboxylic acids is 1. The SMILES string of the molecule is O=C(c1cc(-c2ccsc2)n[nH]1)N1CCC[C@@H]1c1nccs1. The normalized spacial score (nSPS) is 18.0. The number of carbonyl (C=O) groups is 1. The molecule has 1 fully saturated rings. The number of H-pyrrole nitrogens is 1. The topological polar surface area (TPSA) is 61.9 Å². The molecule has 1 amide bonds. The van der Waals surface area contributed by atoms with Crippen molar-refractivity contribution in [1.29, 1.82) is 0 Å². The van der Waals surface area contributed by atoms with Crippen LogP contribution >= 0.6 is 22.7 Å². The molecule has 4 rings (SSSR count). The smallest absolute Gasteiger partial charge is 0.272 e. The second-order valence-electron chi connectivity index (χ2n) is 5.21. The van der Waals surface area contributed by atoms with E-state index in [0.29, 0.717) is 5.69 Å². The van der Waals surface area contributed by atoms with Gasteiger partial charge in [-0.1, -0.05) is 0 Å². The molecule has 1 N–H and O–H groups in total. The number of amides is 1. The minimum Gasteiger partial charge on any atom is -0.328 e. The molecule has 22 heavy (non-hydrogen) atoms. The summed E-state index contributed by atoms with van der Waals surface area (Å²) in [6, 6.07) is 3.94. The van der Waals surface area contributed by atoms with Gasteiger partial charge in [-0.2, -0.15) is 16.4 Å². The minimum absolute atomic E-state index is 0.00618. The zero-order valence-electron chi connectivity index (χ0n) is 11.7. The van der Waals surface area contributed by atoms with Crippen molar-refractivity contribution in [1.82, 2.24) is 20.1 Å². The van der Waals surface area contributed by atoms with E-state index in [-0.39, 0.29) is 11.9 Å². The number of aromatic nitrogens is 3. The first-order valence-corrected chi connectivity index (χ1v) is 8.93. The van der Waals surface area contributed by atoms with Gasteiger partial charge in [-0.25, -0.2) is 4.98 Å². The van der Waals surface area contributed by atoms with Crippen LogP contribution in [0.3, 0.4) is 0 Å². The largest absolute Gasteiger partial charge is 0.328 e. The van der Waals surface area contributed by atoms with Gasteiger partial charge in [0.2, 0.25) is 0 Å². The van der Waals surface area contributed by atoms with Crippen molar-refractivity contribution < 1.29 is 4.79 Å². The number of thiazole rings is 1. The molecule has 112 valence electrons. The van der Waals surface area contributed by atoms with E-state index in [1.54, 1.807) is 28.9 Å². The Morgan fingerprint density at radius 3 is 3.14 bits per heavy atom. The highest BCUT2D eigenvalue weighted by molar-refractivity contribution is 7.09. The van der Waals surface area contributed by atoms with Crippen molar-refractivity contribution in [3.63, 3.8) is 0 Å². The maximum Gasteiger partial charge on any atom is 0.272 e. The molecular weight excluding hydrogens is 316 g/mol. The molecule has 0 aliphatic carbocycles. The molecule has 0 spiro atoms. The van der Waals surface area contributed by atoms with Crippen LogP contribution < -0.4 is 0 Å². The Morgan fingerprint density at radius 2 is 2.36 bits per heavy atom. The quantitative estimate of drug-likeness (QED) is 0.798. The monoisotopic (exact) mass is 330 g/mol. The third-order valence-corrected chi connectivity index (χ3v) is 5.44. The van der Waals surface area contributed by atoms with E-state index in [4.69, 9.17) is 0 Å². The second kappa shape index (κ2) is 5.66. The summed E-state index contributed by atoms with van der Waals surface area (Å²) < 4.78 is 0. The Hall–Kier alpha value is -1.99. The summed E-state index contributed by atoms with van der Waals surface area (Å²) in [6.07, 6.45) is 3.79. The lowest BCUT2D eigenvalue weighted by Crippen LogP contribution is -2.30. The molecule has 0 aromatic carbocycles. The summed E-state index contributed by atoms with van der Waals surface area (Å²) in [5.41, 5.74) is 2.40. The zero-order valence-corrected chi connectivity index (χ0v) is 13.4. The van der Waals surface area contributed by atoms with Crippen molar-refractivity contribution in [3.05, 3.63) is 45.2 Å². The van der Waals surface area contributed by atoms with Gasteiger partial charge < -0.3 is 4.90 Å². The van der Waals surface area contributed by atoms with E-state index in [9.17, 15) is 4.79 Å². The minimum atomic E-state index is 0.00618. The molecule has 0 bridgehead atoms. The lowest BCUT2D eigenvalue weighted by atomic mass is 10.2. The van der Waals surface area contributed by atoms with Gasteiger partial charge in [0.25, 0.3) is 5.91 Å². The van der Waals surface area contributed by atoms with E-state index >= 15 is 0 Å². The first-order valence-electron chi connectivity index (χ1n) is 7.11. The maximum absolute atomic E-state index is 12.8. The summed E-state index contributed by atoms with van der Waals surface area (Å²) in [5.74, 6) is 0.00618. The summed E-state index contributed by atoms with van der Waals surface area (Å²) in [7, 11) is 0. The van der Waals surface area contributed by atoms with Crippen molar-refractivity contribution >= 4 is 28.6 Å². The van der Waals surface area contributed by atoms with Gasteiger partial charge in [0.05, 0.1) is 11.7 Å². The van der Waals surface area contributed by atoms with E-state index in [1.165, 1.54) is 0 Å². The van der Waals surface area contributed by atoms with Gasteiger partial charge in [-0.05, 0) is 30.4 Å². The number of thiophene rings is 1. The standard InChI is InChI=1S/C15H14N4OS2/c20-15(12-8-11(17-18-12)10-3-6-21-9-10)19-5-1-2-13(19)14-16-4-7-22-14/h3-4,6-9,13H,1-2,5H2,(H,17,18)/t13-/m1/s1. The molecule has 0 saturated carbocycles. The number of nitrogens with zero attached hydrogens (tertiary/aromatic N) is 3. The molecule has 7 heteroatoms. The zero-order chi connectivity index (χ0) is 14.9. The van der Waals surface area contributed by atoms with Gasteiger partial charge in [0.1, 0.15) is 10.7 Å². The molecule has 3 aromatic rings. The lowest BCUT2D eigenvalue weighted by molar-refractivity contribution is 0.0729. The van der Waals surface area contributed by atoms with Gasteiger partial charge >= 0.3 is 0 Å². The Morgan fingerprint density at radius 1 is 1.41 bits per heavy atom. The highest BCUT2D eigenvalue weighted by Crippen LogP contribution is 2.34. The van der Waals surface area contributed by atoms with Crippen LogP contribution in [0.2, 0.25) is 0 Å². The van der Waals surface area contributed by atoms with E-state index in [2.05, 4.69) is 15.2 Å². The number of hydrogen-bond acceptors (Lipinski definition) is 5. The highest BCUT2D eigenvalue weighted by Gasteiger charge is 2.32. The summed E-state index contributed by atoms with van der Waals surface area (Å²) in [4.78, 5) is 19.0. The predicted octanol–water partition coefficient (Wildman–Crippen LogP) is 3.57. The number of rotatable bonds is 3. The molecule has 1 atom stereocenters. The molecule has 1 aliphatic heterocycles. The summed E-state index contributed by atoms with van der Waals surface area (Å²) in [6.45, 7) is 0.774. The molecule has 1 aliphatic rings. The fraction of sp³-hybridized carbons (Fsp3) is 0.267. The fourth-order valence-corrected chi connectivity index (χ4v) is 4.24. The Kier molecular flexibility index (Phi) is 3.51. The molecule has 4 heterocycles.